The maximum atomic E-state index is 11.7. The van der Waals surface area contributed by atoms with Gasteiger partial charge in [-0.2, -0.15) is 0 Å². The van der Waals surface area contributed by atoms with Gasteiger partial charge in [-0.05, 0) is 11.8 Å². The van der Waals surface area contributed by atoms with Crippen LogP contribution in [0.15, 0.2) is 0 Å². The van der Waals surface area contributed by atoms with E-state index in [0.29, 0.717) is 0 Å². The Morgan fingerprint density at radius 2 is 1.71 bits per heavy atom. The molecule has 21 heavy (non-hydrogen) atoms. The second-order valence-corrected chi connectivity index (χ2v) is 5.18. The van der Waals surface area contributed by atoms with Gasteiger partial charge < -0.3 is 19.9 Å². The van der Waals surface area contributed by atoms with Crippen LogP contribution in [0.25, 0.3) is 0 Å². The topological polar surface area (TPSA) is 102 Å². The maximum absolute atomic E-state index is 11.7. The molecule has 0 aliphatic carbocycles. The first kappa shape index (κ1) is 19.2. The molecule has 0 bridgehead atoms. The molecule has 122 valence electrons. The van der Waals surface area contributed by atoms with Gasteiger partial charge in [0, 0.05) is 19.9 Å². The Hall–Kier alpha value is -1.79. The summed E-state index contributed by atoms with van der Waals surface area (Å²) in [5.74, 6) is -1.34. The number of nitrogens with one attached hydrogen (secondary N) is 1. The van der Waals surface area contributed by atoms with Crippen LogP contribution in [0.2, 0.25) is 0 Å². The summed E-state index contributed by atoms with van der Waals surface area (Å²) >= 11 is 0. The summed E-state index contributed by atoms with van der Waals surface area (Å²) in [6.45, 7) is 8.49. The van der Waals surface area contributed by atoms with Gasteiger partial charge in [0.15, 0.2) is 0 Å². The molecule has 0 saturated carbocycles. The lowest BCUT2D eigenvalue weighted by Gasteiger charge is -2.28. The number of carboxylic acid groups (broad SMARTS) is 1. The molecule has 0 radical (unpaired) electrons. The van der Waals surface area contributed by atoms with Crippen LogP contribution < -0.4 is 5.32 Å². The zero-order valence-electron chi connectivity index (χ0n) is 13.2. The molecule has 0 aliphatic rings. The fraction of sp³-hybridized carbons (Fsp3) is 0.786. The highest BCUT2D eigenvalue weighted by molar-refractivity contribution is 5.71. The van der Waals surface area contributed by atoms with E-state index in [1.54, 1.807) is 0 Å². The lowest BCUT2D eigenvalue weighted by molar-refractivity contribution is -0.162. The van der Waals surface area contributed by atoms with Gasteiger partial charge in [-0.25, -0.2) is 4.79 Å². The fourth-order valence-corrected chi connectivity index (χ4v) is 1.92. The maximum Gasteiger partial charge on any atom is 0.410 e. The number of carboxylic acids is 1. The van der Waals surface area contributed by atoms with Crippen LogP contribution in [0.1, 0.15) is 47.5 Å². The minimum absolute atomic E-state index is 0.0253. The summed E-state index contributed by atoms with van der Waals surface area (Å²) < 4.78 is 9.53. The normalized spacial score (nSPS) is 16.2. The van der Waals surface area contributed by atoms with Gasteiger partial charge in [-0.15, -0.1) is 0 Å². The van der Waals surface area contributed by atoms with Gasteiger partial charge in [-0.3, -0.25) is 9.59 Å². The third kappa shape index (κ3) is 8.16. The Morgan fingerprint density at radius 1 is 1.14 bits per heavy atom. The van der Waals surface area contributed by atoms with Gasteiger partial charge in [-0.1, -0.05) is 27.2 Å². The quantitative estimate of drug-likeness (QED) is 0.526. The van der Waals surface area contributed by atoms with Crippen LogP contribution in [0.3, 0.4) is 0 Å². The van der Waals surface area contributed by atoms with Crippen molar-refractivity contribution in [2.75, 3.05) is 0 Å². The number of alkyl carbamates (subject to hydrolysis) is 1. The summed E-state index contributed by atoms with van der Waals surface area (Å²) in [5.41, 5.74) is 0. The van der Waals surface area contributed by atoms with Crippen molar-refractivity contribution >= 4 is 18.0 Å². The molecule has 0 saturated heterocycles. The molecule has 0 fully saturated rings. The molecule has 4 atom stereocenters. The Morgan fingerprint density at radius 3 is 2.14 bits per heavy atom. The first-order chi connectivity index (χ1) is 9.67. The second-order valence-electron chi connectivity index (χ2n) is 5.18. The standard InChI is InChI=1S/C14H25NO6/c1-6-8(2)9(3)12(7-13(17)18)15-14(19)21-11(5)20-10(4)16/h8-9,11-12H,6-7H2,1-5H3,(H,15,19)(H,17,18)/t8-,9-,11+,12-/m1/s1. The van der Waals surface area contributed by atoms with Crippen molar-refractivity contribution < 1.29 is 29.0 Å². The van der Waals surface area contributed by atoms with E-state index in [1.165, 1.54) is 13.8 Å². The number of ether oxygens (including phenoxy) is 2. The lowest BCUT2D eigenvalue weighted by Crippen LogP contribution is -2.44. The Bertz CT molecular complexity index is 370. The van der Waals surface area contributed by atoms with Crippen LogP contribution in [-0.2, 0) is 19.1 Å². The molecule has 2 N–H and O–H groups in total. The number of rotatable bonds is 8. The molecule has 0 aromatic heterocycles. The molecular formula is C14H25NO6. The first-order valence-electron chi connectivity index (χ1n) is 7.03. The molecule has 7 nitrogen and oxygen atoms in total. The highest BCUT2D eigenvalue weighted by Crippen LogP contribution is 2.20. The summed E-state index contributed by atoms with van der Waals surface area (Å²) in [6.07, 6.45) is -1.14. The van der Waals surface area contributed by atoms with E-state index in [4.69, 9.17) is 9.84 Å². The zero-order chi connectivity index (χ0) is 16.6. The highest BCUT2D eigenvalue weighted by atomic mass is 16.7. The van der Waals surface area contributed by atoms with Gasteiger partial charge >= 0.3 is 18.0 Å². The predicted octanol–water partition coefficient (Wildman–Crippen LogP) is 2.15. The predicted molar refractivity (Wildman–Crippen MR) is 75.5 cm³/mol. The molecule has 0 aliphatic heterocycles. The van der Waals surface area contributed by atoms with Crippen molar-refractivity contribution in [3.8, 4) is 0 Å². The number of esters is 1. The van der Waals surface area contributed by atoms with Gasteiger partial charge in [0.1, 0.15) is 0 Å². The third-order valence-corrected chi connectivity index (χ3v) is 3.48. The number of aliphatic carboxylic acids is 1. The smallest absolute Gasteiger partial charge is 0.410 e. The molecule has 7 heteroatoms. The first-order valence-corrected chi connectivity index (χ1v) is 7.03. The van der Waals surface area contributed by atoms with Crippen LogP contribution in [0.4, 0.5) is 4.79 Å². The van der Waals surface area contributed by atoms with E-state index in [9.17, 15) is 14.4 Å². The molecule has 0 unspecified atom stereocenters. The second kappa shape index (κ2) is 9.20. The van der Waals surface area contributed by atoms with Gasteiger partial charge in [0.25, 0.3) is 0 Å². The van der Waals surface area contributed by atoms with E-state index in [0.717, 1.165) is 6.42 Å². The SMILES string of the molecule is CC[C@@H](C)[C@@H](C)[C@@H](CC(=O)O)NC(=O)O[C@@H](C)OC(C)=O. The summed E-state index contributed by atoms with van der Waals surface area (Å²) in [6, 6.07) is -0.547. The minimum Gasteiger partial charge on any atom is -0.481 e. The Kier molecular flexibility index (Phi) is 8.42. The van der Waals surface area contributed by atoms with E-state index in [1.807, 2.05) is 20.8 Å². The van der Waals surface area contributed by atoms with Gasteiger partial charge in [0.2, 0.25) is 6.29 Å². The molecule has 1 amide bonds. The van der Waals surface area contributed by atoms with Crippen molar-refractivity contribution in [1.82, 2.24) is 5.32 Å². The van der Waals surface area contributed by atoms with E-state index in [-0.39, 0.29) is 18.3 Å². The van der Waals surface area contributed by atoms with Crippen molar-refractivity contribution in [3.63, 3.8) is 0 Å². The average molecular weight is 303 g/mol. The summed E-state index contributed by atoms with van der Waals surface area (Å²) in [5, 5.41) is 11.5. The number of hydrogen-bond donors (Lipinski definition) is 2. The summed E-state index contributed by atoms with van der Waals surface area (Å²) in [4.78, 5) is 33.4. The van der Waals surface area contributed by atoms with Crippen LogP contribution in [0.5, 0.6) is 0 Å². The summed E-state index contributed by atoms with van der Waals surface area (Å²) in [7, 11) is 0. The zero-order valence-corrected chi connectivity index (χ0v) is 13.2. The lowest BCUT2D eigenvalue weighted by atomic mass is 9.85. The number of hydrogen-bond acceptors (Lipinski definition) is 5. The third-order valence-electron chi connectivity index (χ3n) is 3.48. The van der Waals surface area contributed by atoms with Crippen LogP contribution in [-0.4, -0.2) is 35.5 Å². The number of carbonyl (C=O) groups is 3. The largest absolute Gasteiger partial charge is 0.481 e. The van der Waals surface area contributed by atoms with E-state index in [2.05, 4.69) is 10.1 Å². The van der Waals surface area contributed by atoms with Crippen LogP contribution >= 0.6 is 0 Å². The monoisotopic (exact) mass is 303 g/mol. The Balaban J connectivity index is 4.62. The van der Waals surface area contributed by atoms with Crippen molar-refractivity contribution in [2.24, 2.45) is 11.8 Å². The van der Waals surface area contributed by atoms with Crippen molar-refractivity contribution in [2.45, 2.75) is 59.8 Å². The molecular weight excluding hydrogens is 278 g/mol. The Labute approximate surface area is 125 Å². The van der Waals surface area contributed by atoms with Gasteiger partial charge in [0.05, 0.1) is 6.42 Å². The molecule has 0 rings (SSSR count). The average Bonchev–Trinajstić information content (AvgIpc) is 2.34. The van der Waals surface area contributed by atoms with Crippen molar-refractivity contribution in [3.05, 3.63) is 0 Å². The fourth-order valence-electron chi connectivity index (χ4n) is 1.92. The molecule has 0 spiro atoms. The molecule has 0 aromatic carbocycles. The minimum atomic E-state index is -1.02. The van der Waals surface area contributed by atoms with Crippen LogP contribution in [0, 0.1) is 11.8 Å². The number of carbonyl (C=O) groups excluding carboxylic acids is 2. The highest BCUT2D eigenvalue weighted by Gasteiger charge is 2.27. The number of amides is 1. The van der Waals surface area contributed by atoms with Crippen molar-refractivity contribution in [1.29, 1.82) is 0 Å². The molecule has 0 heterocycles. The van der Waals surface area contributed by atoms with E-state index < -0.39 is 30.4 Å². The molecule has 0 aromatic rings. The van der Waals surface area contributed by atoms with E-state index >= 15 is 0 Å².